The molecular formula is C59H38N2. The Bertz CT molecular complexity index is 3350. The quantitative estimate of drug-likeness (QED) is 0.157. The Morgan fingerprint density at radius 1 is 0.279 bits per heavy atom. The van der Waals surface area contributed by atoms with Gasteiger partial charge in [0.1, 0.15) is 0 Å². The van der Waals surface area contributed by atoms with E-state index in [4.69, 9.17) is 9.97 Å². The molecule has 284 valence electrons. The van der Waals surface area contributed by atoms with Gasteiger partial charge in [-0.25, -0.2) is 9.97 Å². The molecule has 10 aromatic carbocycles. The number of hydrogen-bond acceptors (Lipinski definition) is 2. The van der Waals surface area contributed by atoms with Gasteiger partial charge in [-0.1, -0.05) is 212 Å². The zero-order valence-electron chi connectivity index (χ0n) is 33.3. The molecule has 11 aromatic rings. The predicted molar refractivity (Wildman–Crippen MR) is 254 cm³/mol. The van der Waals surface area contributed by atoms with Gasteiger partial charge in [-0.05, 0) is 95.0 Å². The summed E-state index contributed by atoms with van der Waals surface area (Å²) in [6, 6.07) is 83.6. The van der Waals surface area contributed by atoms with Gasteiger partial charge in [0, 0.05) is 16.7 Å². The summed E-state index contributed by atoms with van der Waals surface area (Å²) >= 11 is 0. The van der Waals surface area contributed by atoms with E-state index in [-0.39, 0.29) is 0 Å². The molecule has 1 aliphatic carbocycles. The SMILES string of the molecule is c1ccc(-c2cc(-c3cccc4c5ccccc5c5ccc(-c6ccc7c(c6)-c6ccccc6C7(c6ccccc6)c6ccccc6)cc5c34)nc(-c3ccccc3)n2)cc1. The normalized spacial score (nSPS) is 12.7. The maximum Gasteiger partial charge on any atom is 0.160 e. The van der Waals surface area contributed by atoms with Crippen molar-refractivity contribution in [1.29, 1.82) is 0 Å². The number of fused-ring (bicyclic) bond motifs is 9. The molecule has 0 bridgehead atoms. The van der Waals surface area contributed by atoms with Crippen molar-refractivity contribution in [3.8, 4) is 56.2 Å². The smallest absolute Gasteiger partial charge is 0.160 e. The van der Waals surface area contributed by atoms with E-state index in [0.29, 0.717) is 5.82 Å². The van der Waals surface area contributed by atoms with Crippen LogP contribution >= 0.6 is 0 Å². The summed E-state index contributed by atoms with van der Waals surface area (Å²) in [5.74, 6) is 0.709. The number of benzene rings is 10. The van der Waals surface area contributed by atoms with E-state index in [9.17, 15) is 0 Å². The maximum absolute atomic E-state index is 5.33. The zero-order valence-corrected chi connectivity index (χ0v) is 33.3. The fourth-order valence-electron chi connectivity index (χ4n) is 10.1. The molecule has 0 aliphatic heterocycles. The minimum absolute atomic E-state index is 0.435. The highest BCUT2D eigenvalue weighted by Crippen LogP contribution is 2.56. The van der Waals surface area contributed by atoms with Crippen LogP contribution in [0.1, 0.15) is 22.3 Å². The van der Waals surface area contributed by atoms with Crippen molar-refractivity contribution in [2.45, 2.75) is 5.41 Å². The predicted octanol–water partition coefficient (Wildman–Crippen LogP) is 15.0. The number of hydrogen-bond donors (Lipinski definition) is 0. The third-order valence-corrected chi connectivity index (χ3v) is 12.8. The maximum atomic E-state index is 5.33. The van der Waals surface area contributed by atoms with Gasteiger partial charge >= 0.3 is 0 Å². The third-order valence-electron chi connectivity index (χ3n) is 12.8. The molecule has 1 heterocycles. The second-order valence-corrected chi connectivity index (χ2v) is 16.0. The molecule has 0 radical (unpaired) electrons. The van der Waals surface area contributed by atoms with Gasteiger partial charge < -0.3 is 0 Å². The average molecular weight is 775 g/mol. The van der Waals surface area contributed by atoms with Gasteiger partial charge in [0.05, 0.1) is 16.8 Å². The molecule has 1 aliphatic rings. The van der Waals surface area contributed by atoms with Crippen LogP contribution in [0.5, 0.6) is 0 Å². The van der Waals surface area contributed by atoms with Crippen molar-refractivity contribution in [1.82, 2.24) is 9.97 Å². The first-order chi connectivity index (χ1) is 30.3. The number of rotatable bonds is 6. The standard InChI is InChI=1S/C59H38N2/c1-5-18-39(19-6-1)55-38-56(61-58(60-55)40-20-7-2-8-21-40)50-30-17-29-49-46-27-14-13-26-45(46)47-34-32-41(37-52(47)57(49)50)42-33-35-54-51(36-42)48-28-15-16-31-53(48)59(54,43-22-9-3-10-23-43)44-24-11-4-12-25-44/h1-38H. The van der Waals surface area contributed by atoms with Crippen LogP contribution in [0.3, 0.4) is 0 Å². The van der Waals surface area contributed by atoms with Gasteiger partial charge in [-0.2, -0.15) is 0 Å². The van der Waals surface area contributed by atoms with Crippen molar-refractivity contribution < 1.29 is 0 Å². The van der Waals surface area contributed by atoms with Crippen LogP contribution in [0.15, 0.2) is 231 Å². The van der Waals surface area contributed by atoms with Gasteiger partial charge in [0.15, 0.2) is 5.82 Å². The average Bonchev–Trinajstić information content (AvgIpc) is 3.65. The monoisotopic (exact) mass is 774 g/mol. The Labute approximate surface area is 355 Å². The topological polar surface area (TPSA) is 25.8 Å². The Balaban J connectivity index is 1.11. The van der Waals surface area contributed by atoms with Gasteiger partial charge in [0.25, 0.3) is 0 Å². The summed E-state index contributed by atoms with van der Waals surface area (Å²) in [6.45, 7) is 0. The molecule has 0 atom stereocenters. The highest BCUT2D eigenvalue weighted by Gasteiger charge is 2.46. The molecule has 0 unspecified atom stereocenters. The van der Waals surface area contributed by atoms with E-state index in [0.717, 1.165) is 28.1 Å². The van der Waals surface area contributed by atoms with Crippen molar-refractivity contribution in [3.05, 3.63) is 253 Å². The highest BCUT2D eigenvalue weighted by atomic mass is 14.9. The number of aromatic nitrogens is 2. The van der Waals surface area contributed by atoms with E-state index in [1.165, 1.54) is 76.8 Å². The fourth-order valence-corrected chi connectivity index (χ4v) is 10.1. The van der Waals surface area contributed by atoms with Crippen molar-refractivity contribution in [2.24, 2.45) is 0 Å². The van der Waals surface area contributed by atoms with Crippen LogP contribution in [-0.4, -0.2) is 9.97 Å². The highest BCUT2D eigenvalue weighted by molar-refractivity contribution is 6.28. The Morgan fingerprint density at radius 2 is 0.787 bits per heavy atom. The van der Waals surface area contributed by atoms with Crippen molar-refractivity contribution in [3.63, 3.8) is 0 Å². The molecule has 12 rings (SSSR count). The summed E-state index contributed by atoms with van der Waals surface area (Å²) in [4.78, 5) is 10.5. The molecule has 0 saturated carbocycles. The lowest BCUT2D eigenvalue weighted by molar-refractivity contribution is 0.768. The molecule has 2 nitrogen and oxygen atoms in total. The van der Waals surface area contributed by atoms with E-state index in [2.05, 4.69) is 206 Å². The van der Waals surface area contributed by atoms with Crippen LogP contribution in [0.4, 0.5) is 0 Å². The lowest BCUT2D eigenvalue weighted by Gasteiger charge is -2.33. The molecule has 0 saturated heterocycles. The minimum Gasteiger partial charge on any atom is -0.228 e. The van der Waals surface area contributed by atoms with Gasteiger partial charge in [-0.15, -0.1) is 0 Å². The summed E-state index contributed by atoms with van der Waals surface area (Å²) < 4.78 is 0. The number of nitrogens with zero attached hydrogens (tertiary/aromatic N) is 2. The fraction of sp³-hybridized carbons (Fsp3) is 0.0169. The molecule has 2 heteroatoms. The van der Waals surface area contributed by atoms with Crippen molar-refractivity contribution >= 4 is 32.3 Å². The summed E-state index contributed by atoms with van der Waals surface area (Å²) in [5, 5.41) is 7.29. The summed E-state index contributed by atoms with van der Waals surface area (Å²) in [5.41, 5.74) is 14.6. The van der Waals surface area contributed by atoms with E-state index in [1.807, 2.05) is 24.3 Å². The molecule has 0 amide bonds. The summed E-state index contributed by atoms with van der Waals surface area (Å²) in [6.07, 6.45) is 0. The lowest BCUT2D eigenvalue weighted by Crippen LogP contribution is -2.28. The molecule has 0 N–H and O–H groups in total. The van der Waals surface area contributed by atoms with Crippen LogP contribution in [0, 0.1) is 0 Å². The largest absolute Gasteiger partial charge is 0.228 e. The lowest BCUT2D eigenvalue weighted by atomic mass is 9.67. The van der Waals surface area contributed by atoms with Crippen LogP contribution in [0.25, 0.3) is 88.5 Å². The van der Waals surface area contributed by atoms with Crippen LogP contribution < -0.4 is 0 Å². The van der Waals surface area contributed by atoms with Crippen molar-refractivity contribution in [2.75, 3.05) is 0 Å². The summed E-state index contributed by atoms with van der Waals surface area (Å²) in [7, 11) is 0. The van der Waals surface area contributed by atoms with E-state index >= 15 is 0 Å². The first kappa shape index (κ1) is 35.0. The van der Waals surface area contributed by atoms with E-state index < -0.39 is 5.41 Å². The van der Waals surface area contributed by atoms with E-state index in [1.54, 1.807) is 0 Å². The zero-order chi connectivity index (χ0) is 40.3. The Hall–Kier alpha value is -7.94. The van der Waals surface area contributed by atoms with Gasteiger partial charge in [-0.3, -0.25) is 0 Å². The molecule has 1 aromatic heterocycles. The molecular weight excluding hydrogens is 737 g/mol. The molecule has 61 heavy (non-hydrogen) atoms. The Morgan fingerprint density at radius 3 is 1.51 bits per heavy atom. The first-order valence-electron chi connectivity index (χ1n) is 21.0. The van der Waals surface area contributed by atoms with Crippen LogP contribution in [0.2, 0.25) is 0 Å². The third kappa shape index (κ3) is 5.50. The minimum atomic E-state index is -0.435. The second-order valence-electron chi connectivity index (χ2n) is 16.0. The molecule has 0 spiro atoms. The van der Waals surface area contributed by atoms with Crippen LogP contribution in [-0.2, 0) is 5.41 Å². The van der Waals surface area contributed by atoms with Gasteiger partial charge in [0.2, 0.25) is 0 Å². The first-order valence-corrected chi connectivity index (χ1v) is 21.0. The second kappa shape index (κ2) is 14.1. The Kier molecular flexibility index (Phi) is 8.11. The molecule has 0 fully saturated rings.